The first-order valence-electron chi connectivity index (χ1n) is 11.7. The fourth-order valence-electron chi connectivity index (χ4n) is 4.86. The third-order valence-electron chi connectivity index (χ3n) is 7.10. The number of carboxylic acids is 1. The number of rotatable bonds is 7. The minimum atomic E-state index is -0.901. The van der Waals surface area contributed by atoms with Gasteiger partial charge < -0.3 is 20.5 Å². The van der Waals surface area contributed by atoms with Crippen molar-refractivity contribution in [2.45, 2.75) is 52.0 Å². The third kappa shape index (κ3) is 4.52. The van der Waals surface area contributed by atoms with E-state index in [0.29, 0.717) is 12.8 Å². The molecule has 2 aromatic rings. The van der Waals surface area contributed by atoms with Gasteiger partial charge in [0.05, 0.1) is 5.41 Å². The predicted molar refractivity (Wildman–Crippen MR) is 128 cm³/mol. The summed E-state index contributed by atoms with van der Waals surface area (Å²) in [5.41, 5.74) is 3.01. The fourth-order valence-corrected chi connectivity index (χ4v) is 4.86. The van der Waals surface area contributed by atoms with Crippen molar-refractivity contribution >= 4 is 18.0 Å². The van der Waals surface area contributed by atoms with Crippen LogP contribution in [0, 0.1) is 10.8 Å². The minimum Gasteiger partial charge on any atom is -0.481 e. The molecule has 0 aromatic heterocycles. The number of alkyl carbamates (subject to hydrolysis) is 1. The molecule has 2 amide bonds. The number of nitrogens with one attached hydrogen (secondary N) is 2. The summed E-state index contributed by atoms with van der Waals surface area (Å²) in [7, 11) is 0. The molecule has 0 heterocycles. The van der Waals surface area contributed by atoms with Crippen molar-refractivity contribution in [3.05, 3.63) is 59.7 Å². The lowest BCUT2D eigenvalue weighted by Crippen LogP contribution is -2.56. The van der Waals surface area contributed by atoms with Crippen molar-refractivity contribution in [1.29, 1.82) is 0 Å². The number of hydrogen-bond acceptors (Lipinski definition) is 4. The molecular weight excluding hydrogens is 432 g/mol. The van der Waals surface area contributed by atoms with Crippen molar-refractivity contribution in [1.82, 2.24) is 10.6 Å². The van der Waals surface area contributed by atoms with Crippen molar-refractivity contribution in [2.75, 3.05) is 13.2 Å². The monoisotopic (exact) mass is 464 g/mol. The Balaban J connectivity index is 1.40. The summed E-state index contributed by atoms with van der Waals surface area (Å²) in [6, 6.07) is 15.3. The molecule has 2 aliphatic carbocycles. The number of fused-ring (bicyclic) bond motifs is 3. The molecule has 1 saturated carbocycles. The summed E-state index contributed by atoms with van der Waals surface area (Å²) in [5.74, 6) is -1.38. The normalized spacial score (nSPS) is 17.0. The lowest BCUT2D eigenvalue weighted by Gasteiger charge is -2.38. The number of carbonyl (C=O) groups is 3. The van der Waals surface area contributed by atoms with Gasteiger partial charge in [-0.2, -0.15) is 0 Å². The zero-order valence-corrected chi connectivity index (χ0v) is 19.9. The van der Waals surface area contributed by atoms with Gasteiger partial charge in [-0.1, -0.05) is 75.7 Å². The maximum absolute atomic E-state index is 12.9. The van der Waals surface area contributed by atoms with Crippen LogP contribution >= 0.6 is 0 Å². The van der Waals surface area contributed by atoms with Crippen LogP contribution in [0.3, 0.4) is 0 Å². The Hall–Kier alpha value is -3.35. The largest absolute Gasteiger partial charge is 0.481 e. The summed E-state index contributed by atoms with van der Waals surface area (Å²) in [4.78, 5) is 37.3. The van der Waals surface area contributed by atoms with Gasteiger partial charge in [-0.15, -0.1) is 0 Å². The van der Waals surface area contributed by atoms with E-state index in [0.717, 1.165) is 28.7 Å². The Morgan fingerprint density at radius 1 is 1.03 bits per heavy atom. The zero-order valence-electron chi connectivity index (χ0n) is 19.9. The molecule has 2 aromatic carbocycles. The highest BCUT2D eigenvalue weighted by atomic mass is 16.5. The molecule has 34 heavy (non-hydrogen) atoms. The molecule has 7 heteroatoms. The Morgan fingerprint density at radius 3 is 2.06 bits per heavy atom. The Morgan fingerprint density at radius 2 is 1.59 bits per heavy atom. The second-order valence-corrected chi connectivity index (χ2v) is 10.4. The number of carbonyl (C=O) groups excluding carboxylic acids is 2. The maximum atomic E-state index is 12.9. The van der Waals surface area contributed by atoms with Gasteiger partial charge in [-0.05, 0) is 40.5 Å². The molecular formula is C27H32N2O5. The topological polar surface area (TPSA) is 105 Å². The number of hydrogen-bond donors (Lipinski definition) is 3. The van der Waals surface area contributed by atoms with Crippen LogP contribution in [0.5, 0.6) is 0 Å². The molecule has 0 aliphatic heterocycles. The van der Waals surface area contributed by atoms with Crippen molar-refractivity contribution < 1.29 is 24.2 Å². The molecule has 0 radical (unpaired) electrons. The van der Waals surface area contributed by atoms with Crippen LogP contribution in [-0.4, -0.2) is 42.3 Å². The fraction of sp³-hybridized carbons (Fsp3) is 0.444. The highest BCUT2D eigenvalue weighted by Gasteiger charge is 2.45. The van der Waals surface area contributed by atoms with Crippen LogP contribution in [0.25, 0.3) is 11.1 Å². The first kappa shape index (κ1) is 23.8. The second kappa shape index (κ2) is 9.12. The average Bonchev–Trinajstić information content (AvgIpc) is 3.08. The summed E-state index contributed by atoms with van der Waals surface area (Å²) in [6.07, 6.45) is 1.25. The molecule has 0 spiro atoms. The zero-order chi connectivity index (χ0) is 24.5. The van der Waals surface area contributed by atoms with Gasteiger partial charge in [0.2, 0.25) is 5.91 Å². The molecule has 1 unspecified atom stereocenters. The summed E-state index contributed by atoms with van der Waals surface area (Å²) >= 11 is 0. The van der Waals surface area contributed by atoms with E-state index < -0.39 is 34.8 Å². The molecule has 0 saturated heterocycles. The number of benzene rings is 2. The standard InChI is InChI=1S/C27H32N2O5/c1-26(2,3)22(23(30)28-16-27(24(31)32)13-8-14-27)29-25(33)34-15-21-19-11-6-4-9-17(19)18-10-5-7-12-20(18)21/h4-7,9-12,21-22H,8,13-16H2,1-3H3,(H,28,30)(H,29,33)(H,31,32). The van der Waals surface area contributed by atoms with E-state index in [2.05, 4.69) is 22.8 Å². The molecule has 1 fully saturated rings. The van der Waals surface area contributed by atoms with Crippen LogP contribution in [0.1, 0.15) is 57.1 Å². The van der Waals surface area contributed by atoms with Gasteiger partial charge in [-0.25, -0.2) is 4.79 Å². The Bertz CT molecular complexity index is 1050. The number of ether oxygens (including phenoxy) is 1. The number of amides is 2. The molecule has 3 N–H and O–H groups in total. The van der Waals surface area contributed by atoms with Crippen LogP contribution < -0.4 is 10.6 Å². The van der Waals surface area contributed by atoms with E-state index in [1.165, 1.54) is 0 Å². The van der Waals surface area contributed by atoms with E-state index in [9.17, 15) is 19.5 Å². The van der Waals surface area contributed by atoms with Gasteiger partial charge in [-0.3, -0.25) is 9.59 Å². The molecule has 0 bridgehead atoms. The Kier molecular flexibility index (Phi) is 6.39. The van der Waals surface area contributed by atoms with Crippen LogP contribution in [0.2, 0.25) is 0 Å². The maximum Gasteiger partial charge on any atom is 0.407 e. The van der Waals surface area contributed by atoms with E-state index in [-0.39, 0.29) is 19.1 Å². The van der Waals surface area contributed by atoms with E-state index >= 15 is 0 Å². The van der Waals surface area contributed by atoms with Gasteiger partial charge in [0, 0.05) is 12.5 Å². The van der Waals surface area contributed by atoms with Crippen molar-refractivity contribution in [3.63, 3.8) is 0 Å². The van der Waals surface area contributed by atoms with Crippen molar-refractivity contribution in [3.8, 4) is 11.1 Å². The highest BCUT2D eigenvalue weighted by Crippen LogP contribution is 2.44. The average molecular weight is 465 g/mol. The van der Waals surface area contributed by atoms with Gasteiger partial charge in [0.1, 0.15) is 12.6 Å². The first-order chi connectivity index (χ1) is 16.1. The molecule has 2 aliphatic rings. The third-order valence-corrected chi connectivity index (χ3v) is 7.10. The lowest BCUT2D eigenvalue weighted by molar-refractivity contribution is -0.154. The summed E-state index contributed by atoms with van der Waals surface area (Å²) in [6.45, 7) is 5.74. The van der Waals surface area contributed by atoms with Crippen molar-refractivity contribution in [2.24, 2.45) is 10.8 Å². The first-order valence-corrected chi connectivity index (χ1v) is 11.7. The molecule has 180 valence electrons. The van der Waals surface area contributed by atoms with Gasteiger partial charge in [0.15, 0.2) is 0 Å². The Labute approximate surface area is 199 Å². The van der Waals surface area contributed by atoms with E-state index in [1.807, 2.05) is 57.2 Å². The molecule has 7 nitrogen and oxygen atoms in total. The van der Waals surface area contributed by atoms with Crippen LogP contribution in [0.15, 0.2) is 48.5 Å². The van der Waals surface area contributed by atoms with Gasteiger partial charge in [0.25, 0.3) is 0 Å². The highest BCUT2D eigenvalue weighted by molar-refractivity contribution is 5.87. The SMILES string of the molecule is CC(C)(C)C(NC(=O)OCC1c2ccccc2-c2ccccc21)C(=O)NCC1(C(=O)O)CCC1. The second-order valence-electron chi connectivity index (χ2n) is 10.4. The lowest BCUT2D eigenvalue weighted by atomic mass is 9.68. The summed E-state index contributed by atoms with van der Waals surface area (Å²) < 4.78 is 5.61. The molecule has 4 rings (SSSR count). The number of aliphatic carboxylic acids is 1. The van der Waals surface area contributed by atoms with Crippen LogP contribution in [0.4, 0.5) is 4.79 Å². The van der Waals surface area contributed by atoms with Gasteiger partial charge >= 0.3 is 12.1 Å². The minimum absolute atomic E-state index is 0.0557. The quantitative estimate of drug-likeness (QED) is 0.566. The summed E-state index contributed by atoms with van der Waals surface area (Å²) in [5, 5.41) is 15.0. The van der Waals surface area contributed by atoms with E-state index in [1.54, 1.807) is 0 Å². The van der Waals surface area contributed by atoms with E-state index in [4.69, 9.17) is 4.74 Å². The predicted octanol–water partition coefficient (Wildman–Crippen LogP) is 4.31. The number of carboxylic acid groups (broad SMARTS) is 1. The molecule has 1 atom stereocenters. The van der Waals surface area contributed by atoms with Crippen LogP contribution in [-0.2, 0) is 14.3 Å². The smallest absolute Gasteiger partial charge is 0.407 e.